The zero-order valence-electron chi connectivity index (χ0n) is 36.2. The second kappa shape index (κ2) is 23.4. The van der Waals surface area contributed by atoms with Gasteiger partial charge in [-0.2, -0.15) is 0 Å². The van der Waals surface area contributed by atoms with Crippen molar-refractivity contribution in [3.05, 3.63) is 36.0 Å². The zero-order chi connectivity index (χ0) is 38.8. The number of carbonyl (C=O) groups is 2. The van der Waals surface area contributed by atoms with E-state index in [2.05, 4.69) is 77.2 Å². The van der Waals surface area contributed by atoms with Crippen LogP contribution in [0.15, 0.2) is 36.0 Å². The summed E-state index contributed by atoms with van der Waals surface area (Å²) in [6, 6.07) is 0. The van der Waals surface area contributed by atoms with Crippen molar-refractivity contribution in [2.75, 3.05) is 6.54 Å². The van der Waals surface area contributed by atoms with Crippen molar-refractivity contribution in [3.63, 3.8) is 0 Å². The number of unbranched alkanes of at least 4 members (excludes halogenated alkanes) is 9. The second-order valence-electron chi connectivity index (χ2n) is 19.5. The molecule has 3 unspecified atom stereocenters. The Labute approximate surface area is 334 Å². The number of Topliss-reactive ketones (excluding diaryl/α,β-unsaturated/α-hetero) is 1. The third-order valence-corrected chi connectivity index (χ3v) is 15.1. The fourth-order valence-electron chi connectivity index (χ4n) is 11.9. The second-order valence-corrected chi connectivity index (χ2v) is 19.5. The Kier molecular flexibility index (Phi) is 19.4. The van der Waals surface area contributed by atoms with E-state index in [4.69, 9.17) is 4.74 Å². The van der Waals surface area contributed by atoms with E-state index in [1.165, 1.54) is 109 Å². The van der Waals surface area contributed by atoms with Crippen LogP contribution in [0.4, 0.5) is 4.79 Å². The standard InChI is InChI=1S/C50H85NO3/c1-7-8-9-10-11-12-13-14-15-16-17-18-19-20-21-22-27-42(52)28-24-37-51-48(53)54-43-33-35-49(5)41(38-43)29-30-44-46-32-31-45(40(4)26-23-25-39(2)3)50(46,6)36-34-47(44)49/h11-12,14-15,29,39-40,43-47H,7-10,13,16-28,30-38H2,1-6H3,(H,51,53)/b12-11-,15-14-/t40-,43+,44?,45-,46?,47?,49+,50-/m1/s1. The molecule has 1 amide bonds. The molecule has 0 saturated heterocycles. The summed E-state index contributed by atoms with van der Waals surface area (Å²) >= 11 is 0. The summed E-state index contributed by atoms with van der Waals surface area (Å²) in [7, 11) is 0. The van der Waals surface area contributed by atoms with Gasteiger partial charge >= 0.3 is 6.09 Å². The van der Waals surface area contributed by atoms with Gasteiger partial charge in [-0.3, -0.25) is 4.79 Å². The Hall–Kier alpha value is -1.84. The number of fused-ring (bicyclic) bond motifs is 5. The average molecular weight is 748 g/mol. The lowest BCUT2D eigenvalue weighted by atomic mass is 9.47. The predicted molar refractivity (Wildman–Crippen MR) is 230 cm³/mol. The number of hydrogen-bond acceptors (Lipinski definition) is 3. The van der Waals surface area contributed by atoms with Crippen molar-refractivity contribution < 1.29 is 14.3 Å². The van der Waals surface area contributed by atoms with Crippen LogP contribution in [0.1, 0.15) is 208 Å². The molecule has 4 heteroatoms. The summed E-state index contributed by atoms with van der Waals surface area (Å²) in [5.41, 5.74) is 2.36. The van der Waals surface area contributed by atoms with Crippen LogP contribution in [-0.4, -0.2) is 24.5 Å². The predicted octanol–water partition coefficient (Wildman–Crippen LogP) is 14.7. The van der Waals surface area contributed by atoms with Gasteiger partial charge in [0.1, 0.15) is 11.9 Å². The summed E-state index contributed by atoms with van der Waals surface area (Å²) < 4.78 is 5.98. The molecule has 4 aliphatic rings. The molecule has 3 fully saturated rings. The van der Waals surface area contributed by atoms with Crippen molar-refractivity contribution in [1.29, 1.82) is 0 Å². The molecule has 0 aromatic rings. The Bertz CT molecular complexity index is 1200. The van der Waals surface area contributed by atoms with Gasteiger partial charge in [0.15, 0.2) is 0 Å². The number of rotatable bonds is 25. The number of hydrogen-bond donors (Lipinski definition) is 1. The monoisotopic (exact) mass is 748 g/mol. The van der Waals surface area contributed by atoms with Gasteiger partial charge in [-0.05, 0) is 136 Å². The summed E-state index contributed by atoms with van der Waals surface area (Å²) in [6.45, 7) is 15.3. The molecular weight excluding hydrogens is 663 g/mol. The third-order valence-electron chi connectivity index (χ3n) is 15.1. The van der Waals surface area contributed by atoms with Gasteiger partial charge in [0.2, 0.25) is 0 Å². The van der Waals surface area contributed by atoms with Gasteiger partial charge < -0.3 is 10.1 Å². The highest BCUT2D eigenvalue weighted by molar-refractivity contribution is 5.78. The van der Waals surface area contributed by atoms with Gasteiger partial charge in [0, 0.05) is 25.8 Å². The molecule has 8 atom stereocenters. The Balaban J connectivity index is 1.04. The lowest BCUT2D eigenvalue weighted by Crippen LogP contribution is -2.51. The summed E-state index contributed by atoms with van der Waals surface area (Å²) in [6.07, 6.45) is 42.1. The first kappa shape index (κ1) is 44.9. The zero-order valence-corrected chi connectivity index (χ0v) is 36.2. The summed E-state index contributed by atoms with van der Waals surface area (Å²) in [5.74, 6) is 5.39. The quantitative estimate of drug-likeness (QED) is 0.0747. The maximum absolute atomic E-state index is 12.8. The number of nitrogens with one attached hydrogen (secondary N) is 1. The molecule has 1 N–H and O–H groups in total. The average Bonchev–Trinajstić information content (AvgIpc) is 3.50. The van der Waals surface area contributed by atoms with Crippen LogP contribution in [0.2, 0.25) is 0 Å². The van der Waals surface area contributed by atoms with Crippen LogP contribution in [-0.2, 0) is 9.53 Å². The highest BCUT2D eigenvalue weighted by Crippen LogP contribution is 2.67. The fraction of sp³-hybridized carbons (Fsp3) is 0.840. The maximum atomic E-state index is 12.8. The minimum atomic E-state index is -0.302. The third kappa shape index (κ3) is 13.4. The molecule has 3 saturated carbocycles. The van der Waals surface area contributed by atoms with Crippen LogP contribution in [0.5, 0.6) is 0 Å². The highest BCUT2D eigenvalue weighted by atomic mass is 16.6. The molecule has 0 aromatic carbocycles. The number of alkyl carbamates (subject to hydrolysis) is 1. The Morgan fingerprint density at radius 2 is 1.50 bits per heavy atom. The van der Waals surface area contributed by atoms with E-state index in [1.54, 1.807) is 5.57 Å². The minimum Gasteiger partial charge on any atom is -0.446 e. The first-order valence-electron chi connectivity index (χ1n) is 23.5. The van der Waals surface area contributed by atoms with Crippen molar-refractivity contribution >= 4 is 11.9 Å². The van der Waals surface area contributed by atoms with Crippen molar-refractivity contribution in [3.8, 4) is 0 Å². The number of amides is 1. The van der Waals surface area contributed by atoms with Gasteiger partial charge in [0.25, 0.3) is 0 Å². The molecule has 0 radical (unpaired) electrons. The lowest BCUT2D eigenvalue weighted by Gasteiger charge is -2.58. The SMILES string of the molecule is CCCCC/C=C\C/C=C\CCCCCCCCC(=O)CCCNC(=O)O[C@H]1CC[C@@]2(C)C(=CCC3C2CC[C@@]2(C)C3CC[C@@H]2[C@H](C)CCCC(C)C)C1. The Morgan fingerprint density at radius 3 is 2.24 bits per heavy atom. The molecule has 0 aromatic heterocycles. The van der Waals surface area contributed by atoms with Gasteiger partial charge in [0.05, 0.1) is 0 Å². The van der Waals surface area contributed by atoms with Crippen LogP contribution in [0.25, 0.3) is 0 Å². The van der Waals surface area contributed by atoms with E-state index >= 15 is 0 Å². The minimum absolute atomic E-state index is 0.0253. The molecule has 4 rings (SSSR count). The number of allylic oxidation sites excluding steroid dienone is 5. The summed E-state index contributed by atoms with van der Waals surface area (Å²) in [5, 5.41) is 2.96. The van der Waals surface area contributed by atoms with E-state index in [9.17, 15) is 9.59 Å². The van der Waals surface area contributed by atoms with E-state index in [0.717, 1.165) is 74.0 Å². The van der Waals surface area contributed by atoms with Crippen LogP contribution < -0.4 is 5.32 Å². The molecule has 0 heterocycles. The molecular formula is C50H85NO3. The Morgan fingerprint density at radius 1 is 0.796 bits per heavy atom. The molecule has 0 aliphatic heterocycles. The van der Waals surface area contributed by atoms with Gasteiger partial charge in [-0.25, -0.2) is 4.79 Å². The lowest BCUT2D eigenvalue weighted by molar-refractivity contribution is -0.119. The largest absolute Gasteiger partial charge is 0.446 e. The van der Waals surface area contributed by atoms with Crippen LogP contribution in [0, 0.1) is 46.3 Å². The normalized spacial score (nSPS) is 29.9. The van der Waals surface area contributed by atoms with Gasteiger partial charge in [-0.1, -0.05) is 135 Å². The van der Waals surface area contributed by atoms with Gasteiger partial charge in [-0.15, -0.1) is 0 Å². The fourth-order valence-corrected chi connectivity index (χ4v) is 11.9. The molecule has 0 spiro atoms. The molecule has 4 aliphatic carbocycles. The van der Waals surface area contributed by atoms with E-state index in [1.807, 2.05) is 0 Å². The topological polar surface area (TPSA) is 55.4 Å². The van der Waals surface area contributed by atoms with E-state index < -0.39 is 0 Å². The molecule has 308 valence electrons. The van der Waals surface area contributed by atoms with E-state index in [-0.39, 0.29) is 17.6 Å². The highest BCUT2D eigenvalue weighted by Gasteiger charge is 2.59. The first-order valence-corrected chi connectivity index (χ1v) is 23.5. The molecule has 54 heavy (non-hydrogen) atoms. The molecule has 4 nitrogen and oxygen atoms in total. The number of ketones is 1. The van der Waals surface area contributed by atoms with Crippen molar-refractivity contribution in [2.45, 2.75) is 215 Å². The van der Waals surface area contributed by atoms with Crippen LogP contribution in [0.3, 0.4) is 0 Å². The van der Waals surface area contributed by atoms with Crippen LogP contribution >= 0.6 is 0 Å². The van der Waals surface area contributed by atoms with Crippen molar-refractivity contribution in [2.24, 2.45) is 46.3 Å². The number of ether oxygens (including phenoxy) is 1. The molecule has 0 bridgehead atoms. The van der Waals surface area contributed by atoms with Crippen molar-refractivity contribution in [1.82, 2.24) is 5.32 Å². The smallest absolute Gasteiger partial charge is 0.407 e. The maximum Gasteiger partial charge on any atom is 0.407 e. The summed E-state index contributed by atoms with van der Waals surface area (Å²) in [4.78, 5) is 25.2. The first-order chi connectivity index (χ1) is 26.1. The number of carbonyl (C=O) groups excluding carboxylic acids is 2. The van der Waals surface area contributed by atoms with E-state index in [0.29, 0.717) is 37.0 Å².